The molecule has 0 spiro atoms. The van der Waals surface area contributed by atoms with Crippen LogP contribution in [0.5, 0.6) is 0 Å². The lowest BCUT2D eigenvalue weighted by atomic mass is 10.0. The fourth-order valence-corrected chi connectivity index (χ4v) is 4.15. The van der Waals surface area contributed by atoms with Crippen LogP contribution in [0.2, 0.25) is 5.15 Å². The summed E-state index contributed by atoms with van der Waals surface area (Å²) in [7, 11) is 1.87. The summed E-state index contributed by atoms with van der Waals surface area (Å²) in [6, 6.07) is 1.91. The minimum Gasteiger partial charge on any atom is -0.483 e. The van der Waals surface area contributed by atoms with Gasteiger partial charge in [0.05, 0.1) is 0 Å². The summed E-state index contributed by atoms with van der Waals surface area (Å²) >= 11 is 6.48. The number of hydrogen-bond acceptors (Lipinski definition) is 5. The number of aryl methyl sites for hydroxylation is 2. The molecule has 7 nitrogen and oxygen atoms in total. The average Bonchev–Trinajstić information content (AvgIpc) is 2.88. The van der Waals surface area contributed by atoms with Gasteiger partial charge in [0.1, 0.15) is 22.3 Å². The standard InChI is InChI=1S/C16H21ClN4O.CH2O2/c1-4-16-6-11(16)7-21(9-16)8-12-14(18-20(3)15(12)17)13-5-10(2)22-19-13;2-1-3/h5,11H,4,6-9H2,1-3H3;1H,(H,2,3). The Morgan fingerprint density at radius 2 is 2.28 bits per heavy atom. The van der Waals surface area contributed by atoms with E-state index in [1.54, 1.807) is 4.68 Å². The molecule has 1 aliphatic heterocycles. The van der Waals surface area contributed by atoms with Crippen LogP contribution in [0.15, 0.2) is 10.6 Å². The highest BCUT2D eigenvalue weighted by molar-refractivity contribution is 6.30. The molecule has 1 aliphatic carbocycles. The van der Waals surface area contributed by atoms with Crippen molar-refractivity contribution < 1.29 is 14.4 Å². The molecule has 2 atom stereocenters. The highest BCUT2D eigenvalue weighted by Crippen LogP contribution is 2.60. The summed E-state index contributed by atoms with van der Waals surface area (Å²) in [5.74, 6) is 1.67. The molecular weight excluding hydrogens is 344 g/mol. The van der Waals surface area contributed by atoms with Crippen LogP contribution in [0.4, 0.5) is 0 Å². The van der Waals surface area contributed by atoms with Crippen LogP contribution < -0.4 is 0 Å². The van der Waals surface area contributed by atoms with Crippen molar-refractivity contribution in [2.75, 3.05) is 13.1 Å². The highest BCUT2D eigenvalue weighted by Gasteiger charge is 2.58. The van der Waals surface area contributed by atoms with Crippen molar-refractivity contribution in [3.05, 3.63) is 22.5 Å². The molecule has 3 heterocycles. The molecule has 2 aliphatic rings. The Balaban J connectivity index is 0.000000569. The first-order chi connectivity index (χ1) is 11.9. The average molecular weight is 367 g/mol. The number of hydrogen-bond donors (Lipinski definition) is 1. The Hall–Kier alpha value is -1.86. The minimum absolute atomic E-state index is 0.250. The molecule has 25 heavy (non-hydrogen) atoms. The highest BCUT2D eigenvalue weighted by atomic mass is 35.5. The van der Waals surface area contributed by atoms with Gasteiger partial charge < -0.3 is 9.63 Å². The first-order valence-electron chi connectivity index (χ1n) is 8.39. The molecule has 1 saturated heterocycles. The molecule has 2 aromatic heterocycles. The Morgan fingerprint density at radius 3 is 2.84 bits per heavy atom. The molecule has 0 aromatic carbocycles. The molecule has 4 rings (SSSR count). The molecule has 8 heteroatoms. The lowest BCUT2D eigenvalue weighted by molar-refractivity contribution is -0.122. The molecule has 2 aromatic rings. The predicted molar refractivity (Wildman–Crippen MR) is 93.3 cm³/mol. The molecule has 0 amide bonds. The molecular formula is C17H23ClN4O3. The van der Waals surface area contributed by atoms with Crippen LogP contribution in [0.1, 0.15) is 31.1 Å². The van der Waals surface area contributed by atoms with Gasteiger partial charge in [0.25, 0.3) is 6.47 Å². The van der Waals surface area contributed by atoms with Gasteiger partial charge in [-0.2, -0.15) is 5.10 Å². The zero-order valence-corrected chi connectivity index (χ0v) is 15.5. The van der Waals surface area contributed by atoms with E-state index in [4.69, 9.17) is 26.0 Å². The quantitative estimate of drug-likeness (QED) is 0.837. The van der Waals surface area contributed by atoms with Crippen LogP contribution >= 0.6 is 11.6 Å². The third-order valence-corrected chi connectivity index (χ3v) is 5.87. The normalized spacial score (nSPS) is 24.6. The zero-order chi connectivity index (χ0) is 18.2. The maximum Gasteiger partial charge on any atom is 0.290 e. The third kappa shape index (κ3) is 3.30. The van der Waals surface area contributed by atoms with Gasteiger partial charge >= 0.3 is 0 Å². The van der Waals surface area contributed by atoms with E-state index in [1.165, 1.54) is 25.9 Å². The van der Waals surface area contributed by atoms with Crippen LogP contribution in [0.3, 0.4) is 0 Å². The number of aromatic nitrogens is 3. The van der Waals surface area contributed by atoms with E-state index >= 15 is 0 Å². The summed E-state index contributed by atoms with van der Waals surface area (Å²) in [6.07, 6.45) is 2.68. The van der Waals surface area contributed by atoms with E-state index in [0.717, 1.165) is 35.2 Å². The molecule has 0 bridgehead atoms. The van der Waals surface area contributed by atoms with Crippen LogP contribution in [-0.4, -0.2) is 44.5 Å². The Kier molecular flexibility index (Phi) is 4.88. The maximum atomic E-state index is 8.36. The summed E-state index contributed by atoms with van der Waals surface area (Å²) in [5.41, 5.74) is 3.25. The van der Waals surface area contributed by atoms with Crippen molar-refractivity contribution in [2.24, 2.45) is 18.4 Å². The Labute approximate surface area is 151 Å². The lowest BCUT2D eigenvalue weighted by Gasteiger charge is -2.20. The molecule has 1 N–H and O–H groups in total. The number of likely N-dealkylation sites (tertiary alicyclic amines) is 1. The van der Waals surface area contributed by atoms with Gasteiger partial charge in [0.2, 0.25) is 0 Å². The van der Waals surface area contributed by atoms with Crippen LogP contribution in [0.25, 0.3) is 11.4 Å². The van der Waals surface area contributed by atoms with Gasteiger partial charge in [0, 0.05) is 38.3 Å². The molecule has 2 unspecified atom stereocenters. The molecule has 2 fully saturated rings. The molecule has 136 valence electrons. The second-order valence-electron chi connectivity index (χ2n) is 6.96. The van der Waals surface area contributed by atoms with Gasteiger partial charge in [-0.1, -0.05) is 23.7 Å². The second-order valence-corrected chi connectivity index (χ2v) is 7.31. The van der Waals surface area contributed by atoms with E-state index in [-0.39, 0.29) is 6.47 Å². The lowest BCUT2D eigenvalue weighted by Crippen LogP contribution is -2.24. The Morgan fingerprint density at radius 1 is 1.56 bits per heavy atom. The van der Waals surface area contributed by atoms with Crippen molar-refractivity contribution in [1.82, 2.24) is 19.8 Å². The van der Waals surface area contributed by atoms with E-state index in [2.05, 4.69) is 22.1 Å². The first-order valence-corrected chi connectivity index (χ1v) is 8.77. The zero-order valence-electron chi connectivity index (χ0n) is 14.7. The second kappa shape index (κ2) is 6.80. The predicted octanol–water partition coefficient (Wildman–Crippen LogP) is 2.97. The van der Waals surface area contributed by atoms with Crippen molar-refractivity contribution in [1.29, 1.82) is 0 Å². The minimum atomic E-state index is -0.250. The monoisotopic (exact) mass is 366 g/mol. The topological polar surface area (TPSA) is 84.4 Å². The van der Waals surface area contributed by atoms with Crippen LogP contribution in [0, 0.1) is 18.3 Å². The van der Waals surface area contributed by atoms with Crippen molar-refractivity contribution >= 4 is 18.1 Å². The number of rotatable bonds is 4. The van der Waals surface area contributed by atoms with E-state index in [0.29, 0.717) is 10.6 Å². The fourth-order valence-electron chi connectivity index (χ4n) is 3.97. The van der Waals surface area contributed by atoms with Gasteiger partial charge in [-0.05, 0) is 31.1 Å². The van der Waals surface area contributed by atoms with Crippen molar-refractivity contribution in [2.45, 2.75) is 33.2 Å². The van der Waals surface area contributed by atoms with Gasteiger partial charge in [-0.3, -0.25) is 14.4 Å². The van der Waals surface area contributed by atoms with Gasteiger partial charge in [-0.25, -0.2) is 0 Å². The van der Waals surface area contributed by atoms with E-state index in [1.807, 2.05) is 20.0 Å². The largest absolute Gasteiger partial charge is 0.483 e. The first kappa shape index (κ1) is 17.9. The van der Waals surface area contributed by atoms with E-state index in [9.17, 15) is 0 Å². The molecule has 0 radical (unpaired) electrons. The third-order valence-electron chi connectivity index (χ3n) is 5.40. The Bertz CT molecular complexity index is 768. The SMILES string of the molecule is CCC12CC1CN(Cc1c(-c3cc(C)on3)nn(C)c1Cl)C2.O=CO. The summed E-state index contributed by atoms with van der Waals surface area (Å²) in [5, 5.41) is 16.2. The summed E-state index contributed by atoms with van der Waals surface area (Å²) < 4.78 is 6.92. The smallest absolute Gasteiger partial charge is 0.290 e. The number of nitrogens with zero attached hydrogens (tertiary/aromatic N) is 4. The van der Waals surface area contributed by atoms with Crippen LogP contribution in [-0.2, 0) is 18.4 Å². The molecule has 1 saturated carbocycles. The van der Waals surface area contributed by atoms with Crippen molar-refractivity contribution in [3.8, 4) is 11.4 Å². The fraction of sp³-hybridized carbons (Fsp3) is 0.588. The summed E-state index contributed by atoms with van der Waals surface area (Å²) in [4.78, 5) is 10.9. The van der Waals surface area contributed by atoms with Crippen molar-refractivity contribution in [3.63, 3.8) is 0 Å². The number of carbonyl (C=O) groups is 1. The maximum absolute atomic E-state index is 8.36. The number of fused-ring (bicyclic) bond motifs is 1. The number of halogens is 1. The van der Waals surface area contributed by atoms with E-state index < -0.39 is 0 Å². The van der Waals surface area contributed by atoms with Gasteiger partial charge in [0.15, 0.2) is 0 Å². The number of piperidine rings is 1. The van der Waals surface area contributed by atoms with Gasteiger partial charge in [-0.15, -0.1) is 0 Å². The number of carboxylic acid groups (broad SMARTS) is 1. The summed E-state index contributed by atoms with van der Waals surface area (Å²) in [6.45, 7) is 7.14.